The zero-order valence-electron chi connectivity index (χ0n) is 12.2. The molecule has 0 aliphatic heterocycles. The van der Waals surface area contributed by atoms with E-state index in [0.29, 0.717) is 27.6 Å². The van der Waals surface area contributed by atoms with Crippen molar-refractivity contribution in [2.45, 2.75) is 0 Å². The maximum absolute atomic E-state index is 11.9. The summed E-state index contributed by atoms with van der Waals surface area (Å²) in [5, 5.41) is 4.50. The minimum absolute atomic E-state index is 0.324. The maximum atomic E-state index is 11.9. The van der Waals surface area contributed by atoms with Crippen molar-refractivity contribution in [2.24, 2.45) is 5.10 Å². The molecule has 6 heteroatoms. The van der Waals surface area contributed by atoms with Crippen LogP contribution in [0.5, 0.6) is 11.5 Å². The Kier molecular flexibility index (Phi) is 5.38. The van der Waals surface area contributed by atoms with Gasteiger partial charge in [-0.15, -0.1) is 0 Å². The second-order valence-electron chi connectivity index (χ2n) is 4.31. The first-order valence-electron chi connectivity index (χ1n) is 6.45. The fraction of sp³-hybridized carbons (Fsp3) is 0.125. The van der Waals surface area contributed by atoms with Gasteiger partial charge in [0.1, 0.15) is 11.5 Å². The number of hydrogen-bond donors (Lipinski definition) is 1. The first-order chi connectivity index (χ1) is 10.6. The Labute approximate surface area is 133 Å². The Morgan fingerprint density at radius 1 is 1.14 bits per heavy atom. The number of nitrogens with zero attached hydrogens (tertiary/aromatic N) is 1. The molecule has 1 amide bonds. The van der Waals surface area contributed by atoms with Crippen molar-refractivity contribution in [1.82, 2.24) is 5.43 Å². The summed E-state index contributed by atoms with van der Waals surface area (Å²) in [6.07, 6.45) is 1.50. The van der Waals surface area contributed by atoms with Crippen molar-refractivity contribution in [2.75, 3.05) is 14.2 Å². The first-order valence-corrected chi connectivity index (χ1v) is 6.83. The molecule has 0 aliphatic rings. The number of nitrogens with one attached hydrogen (secondary N) is 1. The second-order valence-corrected chi connectivity index (χ2v) is 4.75. The van der Waals surface area contributed by atoms with E-state index in [2.05, 4.69) is 10.5 Å². The molecule has 0 unspecified atom stereocenters. The van der Waals surface area contributed by atoms with E-state index in [1.165, 1.54) is 6.21 Å². The van der Waals surface area contributed by atoms with Crippen LogP contribution in [0.3, 0.4) is 0 Å². The van der Waals surface area contributed by atoms with Crippen LogP contribution < -0.4 is 14.9 Å². The number of amides is 1. The number of halogens is 1. The minimum atomic E-state index is -0.324. The summed E-state index contributed by atoms with van der Waals surface area (Å²) in [7, 11) is 3.14. The molecule has 114 valence electrons. The molecule has 5 nitrogen and oxygen atoms in total. The summed E-state index contributed by atoms with van der Waals surface area (Å²) in [6.45, 7) is 0. The monoisotopic (exact) mass is 318 g/mol. The van der Waals surface area contributed by atoms with E-state index in [4.69, 9.17) is 21.1 Å². The Bertz CT molecular complexity index is 684. The molecule has 0 heterocycles. The summed E-state index contributed by atoms with van der Waals surface area (Å²) in [5.41, 5.74) is 3.61. The van der Waals surface area contributed by atoms with Crippen molar-refractivity contribution < 1.29 is 14.3 Å². The van der Waals surface area contributed by atoms with Crippen molar-refractivity contribution in [3.63, 3.8) is 0 Å². The van der Waals surface area contributed by atoms with Gasteiger partial charge in [-0.05, 0) is 42.5 Å². The number of carbonyl (C=O) groups excluding carboxylic acids is 1. The normalized spacial score (nSPS) is 10.5. The summed E-state index contributed by atoms with van der Waals surface area (Å²) in [5.74, 6) is 0.978. The molecule has 0 atom stereocenters. The van der Waals surface area contributed by atoms with Crippen LogP contribution in [0, 0.1) is 0 Å². The molecule has 22 heavy (non-hydrogen) atoms. The van der Waals surface area contributed by atoms with Gasteiger partial charge in [0.05, 0.1) is 20.4 Å². The first kappa shape index (κ1) is 15.9. The molecule has 0 saturated carbocycles. The Hall–Kier alpha value is -2.53. The molecule has 0 saturated heterocycles. The average molecular weight is 319 g/mol. The minimum Gasteiger partial charge on any atom is -0.497 e. The van der Waals surface area contributed by atoms with Crippen LogP contribution >= 0.6 is 11.6 Å². The molecular weight excluding hydrogens is 304 g/mol. The van der Waals surface area contributed by atoms with Crippen LogP contribution in [0.1, 0.15) is 15.9 Å². The molecule has 2 aromatic carbocycles. The van der Waals surface area contributed by atoms with Gasteiger partial charge in [0.2, 0.25) is 0 Å². The SMILES string of the molecule is COc1ccc(OC)c(C=NNC(=O)c2ccc(Cl)cc2)c1. The fourth-order valence-electron chi connectivity index (χ4n) is 1.77. The molecule has 0 aliphatic carbocycles. The fourth-order valence-corrected chi connectivity index (χ4v) is 1.89. The van der Waals surface area contributed by atoms with Gasteiger partial charge in [0, 0.05) is 16.1 Å². The molecule has 0 fully saturated rings. The molecule has 2 aromatic rings. The van der Waals surface area contributed by atoms with E-state index in [9.17, 15) is 4.79 Å². The van der Waals surface area contributed by atoms with Gasteiger partial charge >= 0.3 is 0 Å². The number of rotatable bonds is 5. The zero-order valence-corrected chi connectivity index (χ0v) is 12.9. The predicted octanol–water partition coefficient (Wildman–Crippen LogP) is 3.12. The molecule has 1 N–H and O–H groups in total. The molecular formula is C16H15ClN2O3. The van der Waals surface area contributed by atoms with E-state index < -0.39 is 0 Å². The van der Waals surface area contributed by atoms with Crippen LogP contribution in [0.15, 0.2) is 47.6 Å². The number of hydrazone groups is 1. The summed E-state index contributed by atoms with van der Waals surface area (Å²) in [6, 6.07) is 11.8. The lowest BCUT2D eigenvalue weighted by Gasteiger charge is -2.06. The Morgan fingerprint density at radius 2 is 1.86 bits per heavy atom. The van der Waals surface area contributed by atoms with Gasteiger partial charge in [0.25, 0.3) is 5.91 Å². The van der Waals surface area contributed by atoms with E-state index >= 15 is 0 Å². The van der Waals surface area contributed by atoms with Gasteiger partial charge in [-0.2, -0.15) is 5.10 Å². The zero-order chi connectivity index (χ0) is 15.9. The molecule has 0 aromatic heterocycles. The third-order valence-corrected chi connectivity index (χ3v) is 3.16. The lowest BCUT2D eigenvalue weighted by atomic mass is 10.2. The van der Waals surface area contributed by atoms with Gasteiger partial charge in [-0.1, -0.05) is 11.6 Å². The smallest absolute Gasteiger partial charge is 0.271 e. The van der Waals surface area contributed by atoms with Gasteiger partial charge in [0.15, 0.2) is 0 Å². The number of methoxy groups -OCH3 is 2. The molecule has 0 bridgehead atoms. The molecule has 2 rings (SSSR count). The standard InChI is InChI=1S/C16H15ClN2O3/c1-21-14-7-8-15(22-2)12(9-14)10-18-19-16(20)11-3-5-13(17)6-4-11/h3-10H,1-2H3,(H,19,20). The van der Waals surface area contributed by atoms with Gasteiger partial charge in [-0.25, -0.2) is 5.43 Å². The van der Waals surface area contributed by atoms with Crippen molar-refractivity contribution >= 4 is 23.7 Å². The van der Waals surface area contributed by atoms with Crippen LogP contribution in [-0.4, -0.2) is 26.3 Å². The van der Waals surface area contributed by atoms with Crippen molar-refractivity contribution in [3.8, 4) is 11.5 Å². The summed E-state index contributed by atoms with van der Waals surface area (Å²) < 4.78 is 10.4. The molecule has 0 spiro atoms. The third kappa shape index (κ3) is 3.99. The van der Waals surface area contributed by atoms with Crippen LogP contribution in [-0.2, 0) is 0 Å². The van der Waals surface area contributed by atoms with Crippen LogP contribution in [0.25, 0.3) is 0 Å². The number of hydrogen-bond acceptors (Lipinski definition) is 4. The Balaban J connectivity index is 2.08. The predicted molar refractivity (Wildman–Crippen MR) is 86.1 cm³/mol. The number of carbonyl (C=O) groups is 1. The van der Waals surface area contributed by atoms with Crippen LogP contribution in [0.4, 0.5) is 0 Å². The molecule has 0 radical (unpaired) electrons. The maximum Gasteiger partial charge on any atom is 0.271 e. The van der Waals surface area contributed by atoms with Crippen molar-refractivity contribution in [3.05, 3.63) is 58.6 Å². The summed E-state index contributed by atoms with van der Waals surface area (Å²) in [4.78, 5) is 11.9. The lowest BCUT2D eigenvalue weighted by Crippen LogP contribution is -2.17. The largest absolute Gasteiger partial charge is 0.497 e. The number of ether oxygens (including phenoxy) is 2. The highest BCUT2D eigenvalue weighted by molar-refractivity contribution is 6.30. The van der Waals surface area contributed by atoms with E-state index in [0.717, 1.165) is 0 Å². The highest BCUT2D eigenvalue weighted by atomic mass is 35.5. The average Bonchev–Trinajstić information content (AvgIpc) is 2.55. The Morgan fingerprint density at radius 3 is 2.50 bits per heavy atom. The van der Waals surface area contributed by atoms with E-state index in [1.54, 1.807) is 56.7 Å². The highest BCUT2D eigenvalue weighted by Crippen LogP contribution is 2.22. The third-order valence-electron chi connectivity index (χ3n) is 2.91. The quantitative estimate of drug-likeness (QED) is 0.680. The topological polar surface area (TPSA) is 59.9 Å². The summed E-state index contributed by atoms with van der Waals surface area (Å²) >= 11 is 5.78. The highest BCUT2D eigenvalue weighted by Gasteiger charge is 2.05. The van der Waals surface area contributed by atoms with E-state index in [-0.39, 0.29) is 5.91 Å². The lowest BCUT2D eigenvalue weighted by molar-refractivity contribution is 0.0955. The van der Waals surface area contributed by atoms with E-state index in [1.807, 2.05) is 0 Å². The van der Waals surface area contributed by atoms with Gasteiger partial charge in [-0.3, -0.25) is 4.79 Å². The van der Waals surface area contributed by atoms with Crippen molar-refractivity contribution in [1.29, 1.82) is 0 Å². The van der Waals surface area contributed by atoms with Gasteiger partial charge < -0.3 is 9.47 Å². The second kappa shape index (κ2) is 7.47. The number of benzene rings is 2. The van der Waals surface area contributed by atoms with Crippen LogP contribution in [0.2, 0.25) is 5.02 Å².